The third kappa shape index (κ3) is 3.18. The van der Waals surface area contributed by atoms with Crippen molar-refractivity contribution in [3.8, 4) is 11.5 Å². The maximum absolute atomic E-state index is 6.03. The smallest absolute Gasteiger partial charge is 0.127 e. The molecule has 1 aliphatic carbocycles. The standard InChI is InChI=1S/C16H24O2/c1-11(2)17-13-7-6-8-14(18-12-9-10-12)15(13)16(3,4)5/h6-8,11-12H,9-10H2,1-5H3. The molecule has 100 valence electrons. The van der Waals surface area contributed by atoms with Crippen LogP contribution in [0.15, 0.2) is 18.2 Å². The summed E-state index contributed by atoms with van der Waals surface area (Å²) in [6, 6.07) is 6.12. The van der Waals surface area contributed by atoms with Crippen molar-refractivity contribution in [2.24, 2.45) is 0 Å². The fraction of sp³-hybridized carbons (Fsp3) is 0.625. The molecule has 1 aliphatic rings. The molecule has 0 N–H and O–H groups in total. The lowest BCUT2D eigenvalue weighted by atomic mass is 9.85. The molecule has 1 saturated carbocycles. The van der Waals surface area contributed by atoms with Gasteiger partial charge in [-0.2, -0.15) is 0 Å². The molecule has 0 heterocycles. The van der Waals surface area contributed by atoms with Crippen molar-refractivity contribution in [1.82, 2.24) is 0 Å². The van der Waals surface area contributed by atoms with Gasteiger partial charge < -0.3 is 9.47 Å². The minimum Gasteiger partial charge on any atom is -0.491 e. The van der Waals surface area contributed by atoms with E-state index in [1.54, 1.807) is 0 Å². The van der Waals surface area contributed by atoms with Crippen molar-refractivity contribution in [1.29, 1.82) is 0 Å². The summed E-state index contributed by atoms with van der Waals surface area (Å²) in [6.07, 6.45) is 2.96. The van der Waals surface area contributed by atoms with Gasteiger partial charge in [-0.1, -0.05) is 26.8 Å². The fourth-order valence-electron chi connectivity index (χ4n) is 2.07. The number of ether oxygens (including phenoxy) is 2. The molecule has 0 atom stereocenters. The molecule has 0 spiro atoms. The van der Waals surface area contributed by atoms with E-state index in [1.807, 2.05) is 12.1 Å². The van der Waals surface area contributed by atoms with Crippen LogP contribution >= 0.6 is 0 Å². The Kier molecular flexibility index (Phi) is 3.56. The van der Waals surface area contributed by atoms with Gasteiger partial charge in [0, 0.05) is 5.56 Å². The summed E-state index contributed by atoms with van der Waals surface area (Å²) in [5.74, 6) is 1.94. The first-order chi connectivity index (χ1) is 8.38. The topological polar surface area (TPSA) is 18.5 Å². The Bertz CT molecular complexity index is 389. The Morgan fingerprint density at radius 1 is 1.11 bits per heavy atom. The molecule has 1 aromatic carbocycles. The van der Waals surface area contributed by atoms with Crippen LogP contribution in [0.5, 0.6) is 11.5 Å². The second-order valence-corrected chi connectivity index (χ2v) is 6.36. The van der Waals surface area contributed by atoms with Gasteiger partial charge in [-0.15, -0.1) is 0 Å². The van der Waals surface area contributed by atoms with Gasteiger partial charge in [0.15, 0.2) is 0 Å². The van der Waals surface area contributed by atoms with E-state index in [-0.39, 0.29) is 11.5 Å². The molecule has 0 aromatic heterocycles. The summed E-state index contributed by atoms with van der Waals surface area (Å²) in [5, 5.41) is 0. The van der Waals surface area contributed by atoms with Crippen molar-refractivity contribution < 1.29 is 9.47 Å². The van der Waals surface area contributed by atoms with E-state index in [1.165, 1.54) is 18.4 Å². The fourth-order valence-corrected chi connectivity index (χ4v) is 2.07. The summed E-state index contributed by atoms with van der Waals surface area (Å²) >= 11 is 0. The molecule has 0 aliphatic heterocycles. The van der Waals surface area contributed by atoms with Crippen LogP contribution in [0.2, 0.25) is 0 Å². The molecule has 0 bridgehead atoms. The second kappa shape index (κ2) is 4.83. The molecular formula is C16H24O2. The lowest BCUT2D eigenvalue weighted by Crippen LogP contribution is -2.18. The zero-order chi connectivity index (χ0) is 13.3. The highest BCUT2D eigenvalue weighted by Crippen LogP contribution is 2.41. The van der Waals surface area contributed by atoms with Gasteiger partial charge in [-0.25, -0.2) is 0 Å². The highest BCUT2D eigenvalue weighted by molar-refractivity contribution is 5.49. The van der Waals surface area contributed by atoms with Crippen molar-refractivity contribution in [2.75, 3.05) is 0 Å². The second-order valence-electron chi connectivity index (χ2n) is 6.36. The number of hydrogen-bond acceptors (Lipinski definition) is 2. The van der Waals surface area contributed by atoms with Gasteiger partial charge in [0.05, 0.1) is 12.2 Å². The molecule has 18 heavy (non-hydrogen) atoms. The van der Waals surface area contributed by atoms with Crippen LogP contribution in [-0.4, -0.2) is 12.2 Å². The van der Waals surface area contributed by atoms with Crippen LogP contribution in [0.4, 0.5) is 0 Å². The molecule has 0 unspecified atom stereocenters. The summed E-state index contributed by atoms with van der Waals surface area (Å²) < 4.78 is 12.0. The van der Waals surface area contributed by atoms with Crippen LogP contribution in [0.3, 0.4) is 0 Å². The lowest BCUT2D eigenvalue weighted by Gasteiger charge is -2.26. The molecule has 1 aromatic rings. The molecule has 2 nitrogen and oxygen atoms in total. The van der Waals surface area contributed by atoms with Gasteiger partial charge in [0.25, 0.3) is 0 Å². The minimum absolute atomic E-state index is 0.0235. The van der Waals surface area contributed by atoms with Crippen molar-refractivity contribution >= 4 is 0 Å². The highest BCUT2D eigenvalue weighted by Gasteiger charge is 2.29. The molecule has 1 fully saturated rings. The first-order valence-electron chi connectivity index (χ1n) is 6.84. The van der Waals surface area contributed by atoms with E-state index in [4.69, 9.17) is 9.47 Å². The normalized spacial score (nSPS) is 15.9. The molecule has 0 amide bonds. The number of hydrogen-bond donors (Lipinski definition) is 0. The quantitative estimate of drug-likeness (QED) is 0.790. The van der Waals surface area contributed by atoms with E-state index < -0.39 is 0 Å². The average molecular weight is 248 g/mol. The molecular weight excluding hydrogens is 224 g/mol. The third-order valence-corrected chi connectivity index (χ3v) is 2.92. The predicted octanol–water partition coefficient (Wildman–Crippen LogP) is 4.31. The van der Waals surface area contributed by atoms with Gasteiger partial charge in [0.2, 0.25) is 0 Å². The number of benzene rings is 1. The Morgan fingerprint density at radius 3 is 2.22 bits per heavy atom. The van der Waals surface area contributed by atoms with Crippen molar-refractivity contribution in [2.45, 2.75) is 65.1 Å². The van der Waals surface area contributed by atoms with Crippen molar-refractivity contribution in [3.63, 3.8) is 0 Å². The minimum atomic E-state index is 0.0235. The zero-order valence-corrected chi connectivity index (χ0v) is 12.1. The Hall–Kier alpha value is -1.18. The maximum Gasteiger partial charge on any atom is 0.127 e. The first kappa shape index (κ1) is 13.3. The van der Waals surface area contributed by atoms with Crippen LogP contribution < -0.4 is 9.47 Å². The van der Waals surface area contributed by atoms with Crippen LogP contribution in [0, 0.1) is 0 Å². The molecule has 0 radical (unpaired) electrons. The summed E-state index contributed by atoms with van der Waals surface area (Å²) in [6.45, 7) is 10.7. The van der Waals surface area contributed by atoms with E-state index in [9.17, 15) is 0 Å². The molecule has 2 heteroatoms. The van der Waals surface area contributed by atoms with E-state index in [0.29, 0.717) is 6.10 Å². The Morgan fingerprint density at radius 2 is 1.72 bits per heavy atom. The highest BCUT2D eigenvalue weighted by atomic mass is 16.5. The monoisotopic (exact) mass is 248 g/mol. The first-order valence-corrected chi connectivity index (χ1v) is 6.84. The maximum atomic E-state index is 6.03. The summed E-state index contributed by atoms with van der Waals surface area (Å²) in [7, 11) is 0. The van der Waals surface area contributed by atoms with Crippen LogP contribution in [-0.2, 0) is 5.41 Å². The third-order valence-electron chi connectivity index (χ3n) is 2.92. The summed E-state index contributed by atoms with van der Waals surface area (Å²) in [4.78, 5) is 0. The van der Waals surface area contributed by atoms with Gasteiger partial charge in [-0.3, -0.25) is 0 Å². The van der Waals surface area contributed by atoms with Gasteiger partial charge in [0.1, 0.15) is 11.5 Å². The largest absolute Gasteiger partial charge is 0.491 e. The van der Waals surface area contributed by atoms with Crippen LogP contribution in [0.1, 0.15) is 53.0 Å². The van der Waals surface area contributed by atoms with Crippen molar-refractivity contribution in [3.05, 3.63) is 23.8 Å². The van der Waals surface area contributed by atoms with Gasteiger partial charge >= 0.3 is 0 Å². The average Bonchev–Trinajstić information content (AvgIpc) is 2.98. The SMILES string of the molecule is CC(C)Oc1cccc(OC2CC2)c1C(C)(C)C. The molecule has 0 saturated heterocycles. The van der Waals surface area contributed by atoms with Gasteiger partial charge in [-0.05, 0) is 44.2 Å². The zero-order valence-electron chi connectivity index (χ0n) is 12.1. The van der Waals surface area contributed by atoms with E-state index >= 15 is 0 Å². The van der Waals surface area contributed by atoms with E-state index in [2.05, 4.69) is 40.7 Å². The predicted molar refractivity (Wildman–Crippen MR) is 74.6 cm³/mol. The lowest BCUT2D eigenvalue weighted by molar-refractivity contribution is 0.231. The molecule has 2 rings (SSSR count). The summed E-state index contributed by atoms with van der Waals surface area (Å²) in [5.41, 5.74) is 1.21. The Balaban J connectivity index is 2.38. The van der Waals surface area contributed by atoms with Crippen LogP contribution in [0.25, 0.3) is 0 Å². The number of rotatable bonds is 4. The van der Waals surface area contributed by atoms with E-state index in [0.717, 1.165) is 11.5 Å². The Labute approximate surface area is 110 Å².